The number of para-hydroxylation sites is 1. The number of aromatic nitrogens is 1. The van der Waals surface area contributed by atoms with Gasteiger partial charge >= 0.3 is 12.1 Å². The number of hydrogen-bond donors (Lipinski definition) is 4. The van der Waals surface area contributed by atoms with Crippen molar-refractivity contribution in [2.24, 2.45) is 0 Å². The van der Waals surface area contributed by atoms with Gasteiger partial charge in [0.25, 0.3) is 0 Å². The molecule has 1 aromatic heterocycles. The van der Waals surface area contributed by atoms with Gasteiger partial charge in [-0.1, -0.05) is 90.2 Å². The molecule has 5 aromatic rings. The zero-order chi connectivity index (χ0) is 45.4. The minimum Gasteiger partial charge on any atom is -0.489 e. The molecular formula is C46H58N8O8S. The number of hydrogen-bond acceptors (Lipinski definition) is 12. The molecule has 16 nitrogen and oxygen atoms in total. The maximum Gasteiger partial charge on any atom is 0.413 e. The molecule has 0 aliphatic heterocycles. The van der Waals surface area contributed by atoms with Crippen molar-refractivity contribution in [1.29, 1.82) is 0 Å². The van der Waals surface area contributed by atoms with E-state index < -0.39 is 41.9 Å². The maximum absolute atomic E-state index is 15.3. The van der Waals surface area contributed by atoms with Crippen molar-refractivity contribution in [3.05, 3.63) is 120 Å². The molecule has 336 valence electrons. The van der Waals surface area contributed by atoms with Crippen LogP contribution in [0.1, 0.15) is 51.3 Å². The number of ether oxygens (including phenoxy) is 4. The summed E-state index contributed by atoms with van der Waals surface area (Å²) in [7, 11) is 3.18. The zero-order valence-electron chi connectivity index (χ0n) is 36.9. The number of nitrogens with zero attached hydrogens (tertiary/aromatic N) is 4. The first-order valence-corrected chi connectivity index (χ1v) is 21.5. The summed E-state index contributed by atoms with van der Waals surface area (Å²) in [6, 6.07) is 30.7. The van der Waals surface area contributed by atoms with Gasteiger partial charge in [0.1, 0.15) is 29.5 Å². The summed E-state index contributed by atoms with van der Waals surface area (Å²) in [6.07, 6.45) is -1.31. The summed E-state index contributed by atoms with van der Waals surface area (Å²) in [5, 5.41) is 8.59. The minimum absolute atomic E-state index is 0.0265. The van der Waals surface area contributed by atoms with E-state index >= 15 is 4.79 Å². The monoisotopic (exact) mass is 882 g/mol. The van der Waals surface area contributed by atoms with Crippen molar-refractivity contribution < 1.29 is 38.1 Å². The van der Waals surface area contributed by atoms with Gasteiger partial charge < -0.3 is 29.2 Å². The SMILES string of the molecule is CCOC(CN(C(=O)C(Cc1ccc(OCc2ccccc2)cc1)N(C)NC(=O)CN(C)NC(=O)NCc1ccccc1)c1cccc2sc(NC(=O)OC(C)(C)C)nc12)OCC. The smallest absolute Gasteiger partial charge is 0.413 e. The third kappa shape index (κ3) is 15.3. The maximum atomic E-state index is 15.3. The van der Waals surface area contributed by atoms with Gasteiger partial charge in [-0.2, -0.15) is 0 Å². The fourth-order valence-electron chi connectivity index (χ4n) is 6.39. The van der Waals surface area contributed by atoms with Crippen LogP contribution in [0.4, 0.5) is 20.4 Å². The number of rotatable bonds is 21. The second-order valence-corrected chi connectivity index (χ2v) is 16.5. The van der Waals surface area contributed by atoms with E-state index in [1.807, 2.05) is 105 Å². The second-order valence-electron chi connectivity index (χ2n) is 15.5. The number of nitrogens with one attached hydrogen (secondary N) is 4. The van der Waals surface area contributed by atoms with Crippen LogP contribution in [-0.2, 0) is 43.4 Å². The molecule has 0 saturated heterocycles. The predicted octanol–water partition coefficient (Wildman–Crippen LogP) is 6.87. The number of hydrazine groups is 2. The Kier molecular flexibility index (Phi) is 17.8. The third-order valence-electron chi connectivity index (χ3n) is 9.22. The van der Waals surface area contributed by atoms with E-state index in [1.54, 1.807) is 51.9 Å². The highest BCUT2D eigenvalue weighted by molar-refractivity contribution is 7.22. The summed E-state index contributed by atoms with van der Waals surface area (Å²) in [4.78, 5) is 60.5. The number of urea groups is 1. The highest BCUT2D eigenvalue weighted by Gasteiger charge is 2.34. The standard InChI is InChI=1S/C46H58N8O8S/c1-8-59-40(60-9-2)30-54(36-21-16-22-38-41(36)48-44(63-38)49-45(58)62-46(3,4)5)42(56)37(27-32-23-25-35(26-24-32)61-31-34-19-14-11-15-20-34)53(7)50-39(55)29-52(6)51-43(57)47-28-33-17-12-10-13-18-33/h10-26,37,40H,8-9,27-31H2,1-7H3,(H,50,55)(H2,47,51,57)(H,48,49,58). The van der Waals surface area contributed by atoms with E-state index in [0.29, 0.717) is 48.0 Å². The number of thiazole rings is 1. The molecule has 0 saturated carbocycles. The van der Waals surface area contributed by atoms with Gasteiger partial charge in [-0.05, 0) is 82.0 Å². The molecule has 5 rings (SSSR count). The first kappa shape index (κ1) is 47.9. The molecule has 0 bridgehead atoms. The molecule has 4 N–H and O–H groups in total. The molecule has 1 heterocycles. The number of fused-ring (bicyclic) bond motifs is 1. The predicted molar refractivity (Wildman–Crippen MR) is 244 cm³/mol. The minimum atomic E-state index is -0.991. The largest absolute Gasteiger partial charge is 0.489 e. The van der Waals surface area contributed by atoms with Crippen molar-refractivity contribution >= 4 is 56.3 Å². The molecule has 4 aromatic carbocycles. The molecule has 0 spiro atoms. The number of amides is 5. The first-order valence-electron chi connectivity index (χ1n) is 20.7. The zero-order valence-corrected chi connectivity index (χ0v) is 37.7. The average molecular weight is 883 g/mol. The highest BCUT2D eigenvalue weighted by atomic mass is 32.1. The lowest BCUT2D eigenvalue weighted by Gasteiger charge is -2.34. The number of likely N-dealkylation sites (N-methyl/N-ethyl adjacent to an activating group) is 2. The van der Waals surface area contributed by atoms with Crippen molar-refractivity contribution in [3.8, 4) is 5.75 Å². The van der Waals surface area contributed by atoms with Crippen molar-refractivity contribution in [3.63, 3.8) is 0 Å². The van der Waals surface area contributed by atoms with Crippen molar-refractivity contribution in [2.75, 3.05) is 50.6 Å². The molecule has 0 fully saturated rings. The van der Waals surface area contributed by atoms with E-state index in [-0.39, 0.29) is 24.6 Å². The van der Waals surface area contributed by atoms with Crippen LogP contribution < -0.4 is 31.1 Å². The van der Waals surface area contributed by atoms with Crippen LogP contribution in [0.15, 0.2) is 103 Å². The Bertz CT molecular complexity index is 2230. The molecule has 1 unspecified atom stereocenters. The Morgan fingerprint density at radius 2 is 1.43 bits per heavy atom. The van der Waals surface area contributed by atoms with Gasteiger partial charge in [0.15, 0.2) is 11.4 Å². The van der Waals surface area contributed by atoms with Gasteiger partial charge in [0, 0.05) is 33.9 Å². The molecule has 1 atom stereocenters. The van der Waals surface area contributed by atoms with Crippen LogP contribution in [0.2, 0.25) is 0 Å². The van der Waals surface area contributed by atoms with Crippen molar-refractivity contribution in [2.45, 2.75) is 72.1 Å². The quantitative estimate of drug-likeness (QED) is 0.0447. The first-order chi connectivity index (χ1) is 30.2. The van der Waals surface area contributed by atoms with Crippen LogP contribution >= 0.6 is 11.3 Å². The molecule has 0 aliphatic rings. The van der Waals surface area contributed by atoms with E-state index in [2.05, 4.69) is 21.5 Å². The number of anilines is 2. The van der Waals surface area contributed by atoms with Crippen LogP contribution in [0.5, 0.6) is 5.75 Å². The van der Waals surface area contributed by atoms with Gasteiger partial charge in [-0.15, -0.1) is 0 Å². The van der Waals surface area contributed by atoms with Gasteiger partial charge in [-0.3, -0.25) is 25.8 Å². The molecule has 17 heteroatoms. The Morgan fingerprint density at radius 3 is 2.06 bits per heavy atom. The van der Waals surface area contributed by atoms with Crippen LogP contribution in [0.3, 0.4) is 0 Å². The van der Waals surface area contributed by atoms with E-state index in [0.717, 1.165) is 16.7 Å². The fourth-order valence-corrected chi connectivity index (χ4v) is 7.26. The lowest BCUT2D eigenvalue weighted by atomic mass is 10.0. The topological polar surface area (TPSA) is 176 Å². The van der Waals surface area contributed by atoms with Crippen molar-refractivity contribution in [1.82, 2.24) is 31.2 Å². The number of carbonyl (C=O) groups excluding carboxylic acids is 4. The number of benzene rings is 4. The summed E-state index contributed by atoms with van der Waals surface area (Å²) in [5.41, 5.74) is 8.41. The second kappa shape index (κ2) is 23.4. The van der Waals surface area contributed by atoms with Crippen LogP contribution in [0, 0.1) is 0 Å². The van der Waals surface area contributed by atoms with E-state index in [4.69, 9.17) is 23.9 Å². The Morgan fingerprint density at radius 1 is 0.778 bits per heavy atom. The van der Waals surface area contributed by atoms with E-state index in [1.165, 1.54) is 21.4 Å². The Hall–Kier alpha value is -6.11. The third-order valence-corrected chi connectivity index (χ3v) is 10.2. The molecular weight excluding hydrogens is 825 g/mol. The highest BCUT2D eigenvalue weighted by Crippen LogP contribution is 2.34. The lowest BCUT2D eigenvalue weighted by Crippen LogP contribution is -2.58. The molecule has 5 amide bonds. The molecule has 0 aliphatic carbocycles. The van der Waals surface area contributed by atoms with Gasteiger partial charge in [0.05, 0.1) is 23.5 Å². The Balaban J connectivity index is 1.42. The summed E-state index contributed by atoms with van der Waals surface area (Å²) in [6.45, 7) is 10.1. The van der Waals surface area contributed by atoms with Gasteiger partial charge in [0.2, 0.25) is 11.8 Å². The molecule has 0 radical (unpaired) electrons. The summed E-state index contributed by atoms with van der Waals surface area (Å²) >= 11 is 1.23. The van der Waals surface area contributed by atoms with Gasteiger partial charge in [-0.25, -0.2) is 24.6 Å². The normalized spacial score (nSPS) is 12.0. The average Bonchev–Trinajstić information content (AvgIpc) is 3.66. The van der Waals surface area contributed by atoms with Crippen LogP contribution in [-0.4, -0.2) is 97.3 Å². The van der Waals surface area contributed by atoms with E-state index in [9.17, 15) is 14.4 Å². The summed E-state index contributed by atoms with van der Waals surface area (Å²) < 4.78 is 24.1. The number of carbonyl (C=O) groups is 4. The summed E-state index contributed by atoms with van der Waals surface area (Å²) in [5.74, 6) is -0.238. The lowest BCUT2D eigenvalue weighted by molar-refractivity contribution is -0.139. The fraction of sp³-hybridized carbons (Fsp3) is 0.370. The molecule has 63 heavy (non-hydrogen) atoms. The van der Waals surface area contributed by atoms with Crippen LogP contribution in [0.25, 0.3) is 10.2 Å². The Labute approximate surface area is 372 Å².